The van der Waals surface area contributed by atoms with E-state index in [9.17, 15) is 14.4 Å². The molecule has 0 spiro atoms. The van der Waals surface area contributed by atoms with Crippen LogP contribution >= 0.6 is 11.8 Å². The van der Waals surface area contributed by atoms with Crippen molar-refractivity contribution in [2.75, 3.05) is 5.32 Å². The predicted octanol–water partition coefficient (Wildman–Crippen LogP) is 4.69. The van der Waals surface area contributed by atoms with Crippen LogP contribution in [0.15, 0.2) is 58.2 Å². The molecule has 2 heterocycles. The average Bonchev–Trinajstić information content (AvgIpc) is 3.22. The molecule has 0 fully saturated rings. The molecule has 0 bridgehead atoms. The maximum atomic E-state index is 12.8. The van der Waals surface area contributed by atoms with Crippen molar-refractivity contribution < 1.29 is 23.6 Å². The quantitative estimate of drug-likeness (QED) is 0.274. The van der Waals surface area contributed by atoms with Gasteiger partial charge in [0.05, 0.1) is 11.3 Å². The minimum atomic E-state index is -0.996. The topological polar surface area (TPSA) is 111 Å². The van der Waals surface area contributed by atoms with Crippen molar-refractivity contribution >= 4 is 35.1 Å². The fourth-order valence-electron chi connectivity index (χ4n) is 2.81. The number of carbonyl (C=O) groups is 3. The Hall–Kier alpha value is -3.46. The molecular weight excluding hydrogens is 442 g/mol. The van der Waals surface area contributed by atoms with Crippen LogP contribution in [0.2, 0.25) is 0 Å². The monoisotopic (exact) mass is 467 g/mol. The van der Waals surface area contributed by atoms with Crippen molar-refractivity contribution in [3.8, 4) is 0 Å². The first-order chi connectivity index (χ1) is 15.7. The summed E-state index contributed by atoms with van der Waals surface area (Å²) in [6.07, 6.45) is 0.589. The number of pyridine rings is 1. The van der Waals surface area contributed by atoms with Crippen LogP contribution < -0.4 is 5.32 Å². The molecule has 0 aliphatic rings. The van der Waals surface area contributed by atoms with E-state index in [1.165, 1.54) is 18.7 Å². The number of rotatable bonds is 9. The fourth-order valence-corrected chi connectivity index (χ4v) is 3.67. The summed E-state index contributed by atoms with van der Waals surface area (Å²) in [5.74, 6) is -0.0664. The van der Waals surface area contributed by atoms with Gasteiger partial charge in [0.15, 0.2) is 6.10 Å². The van der Waals surface area contributed by atoms with Gasteiger partial charge in [0, 0.05) is 35.2 Å². The Morgan fingerprint density at radius 2 is 1.85 bits per heavy atom. The van der Waals surface area contributed by atoms with Gasteiger partial charge in [0.2, 0.25) is 11.7 Å². The molecule has 0 radical (unpaired) electrons. The van der Waals surface area contributed by atoms with Crippen molar-refractivity contribution in [2.45, 2.75) is 44.6 Å². The van der Waals surface area contributed by atoms with Crippen molar-refractivity contribution in [3.63, 3.8) is 0 Å². The van der Waals surface area contributed by atoms with Crippen molar-refractivity contribution in [3.05, 3.63) is 71.2 Å². The van der Waals surface area contributed by atoms with Gasteiger partial charge in [0.1, 0.15) is 10.8 Å². The van der Waals surface area contributed by atoms with Crippen molar-refractivity contribution in [2.24, 2.45) is 5.92 Å². The Labute approximate surface area is 196 Å². The molecule has 1 amide bonds. The second-order valence-electron chi connectivity index (χ2n) is 7.71. The molecule has 0 aliphatic carbocycles. The summed E-state index contributed by atoms with van der Waals surface area (Å²) < 4.78 is 10.5. The lowest BCUT2D eigenvalue weighted by atomic mass is 10.1. The summed E-state index contributed by atoms with van der Waals surface area (Å²) in [5.41, 5.74) is 1.97. The van der Waals surface area contributed by atoms with E-state index in [0.29, 0.717) is 27.8 Å². The zero-order valence-electron chi connectivity index (χ0n) is 18.8. The number of Topliss-reactive ketones (excluding diaryl/α,β-unsaturated/α-hetero) is 1. The van der Waals surface area contributed by atoms with Gasteiger partial charge in [-0.25, -0.2) is 9.78 Å². The highest BCUT2D eigenvalue weighted by Gasteiger charge is 2.23. The van der Waals surface area contributed by atoms with E-state index in [0.717, 1.165) is 5.69 Å². The number of ether oxygens (including phenoxy) is 1. The van der Waals surface area contributed by atoms with Crippen LogP contribution in [-0.4, -0.2) is 33.9 Å². The third-order valence-electron chi connectivity index (χ3n) is 4.64. The zero-order chi connectivity index (χ0) is 24.0. The molecule has 2 aromatic heterocycles. The average molecular weight is 468 g/mol. The van der Waals surface area contributed by atoms with Crippen molar-refractivity contribution in [1.82, 2.24) is 10.1 Å². The molecule has 9 heteroatoms. The molecule has 3 aromatic rings. The number of thioether (sulfide) groups is 1. The van der Waals surface area contributed by atoms with E-state index in [4.69, 9.17) is 9.26 Å². The molecular formula is C24H25N3O5S. The number of nitrogens with one attached hydrogen (secondary N) is 1. The second kappa shape index (κ2) is 10.9. The van der Waals surface area contributed by atoms with E-state index in [-0.39, 0.29) is 23.2 Å². The van der Waals surface area contributed by atoms with Crippen LogP contribution in [0.4, 0.5) is 5.69 Å². The van der Waals surface area contributed by atoms with Crippen molar-refractivity contribution in [1.29, 1.82) is 0 Å². The first-order valence-electron chi connectivity index (χ1n) is 10.4. The SMILES string of the molecule is Cc1cc(CSc2ncccc2C(=O)OC(C)C(=O)c2ccc(NC(=O)C(C)C)cc2)no1. The number of benzene rings is 1. The van der Waals surface area contributed by atoms with Gasteiger partial charge in [-0.15, -0.1) is 0 Å². The molecule has 1 N–H and O–H groups in total. The molecule has 0 aliphatic heterocycles. The minimum absolute atomic E-state index is 0.111. The maximum absolute atomic E-state index is 12.8. The van der Waals surface area contributed by atoms with Gasteiger partial charge in [0.25, 0.3) is 0 Å². The maximum Gasteiger partial charge on any atom is 0.341 e. The summed E-state index contributed by atoms with van der Waals surface area (Å²) in [4.78, 5) is 41.6. The summed E-state index contributed by atoms with van der Waals surface area (Å²) in [5, 5.41) is 7.18. The number of amides is 1. The molecule has 3 rings (SSSR count). The summed E-state index contributed by atoms with van der Waals surface area (Å²) in [6, 6.07) is 11.5. The predicted molar refractivity (Wildman–Crippen MR) is 124 cm³/mol. The highest BCUT2D eigenvalue weighted by Crippen LogP contribution is 2.25. The Kier molecular flexibility index (Phi) is 8.00. The van der Waals surface area contributed by atoms with Crippen LogP contribution in [0.25, 0.3) is 0 Å². The van der Waals surface area contributed by atoms with Gasteiger partial charge in [-0.05, 0) is 50.2 Å². The second-order valence-corrected chi connectivity index (χ2v) is 8.67. The molecule has 1 unspecified atom stereocenters. The van der Waals surface area contributed by atoms with E-state index < -0.39 is 12.1 Å². The molecule has 0 saturated heterocycles. The number of aryl methyl sites for hydroxylation is 1. The van der Waals surface area contributed by atoms with Crippen LogP contribution in [0.3, 0.4) is 0 Å². The molecule has 1 aromatic carbocycles. The van der Waals surface area contributed by atoms with E-state index >= 15 is 0 Å². The van der Waals surface area contributed by atoms with Gasteiger partial charge >= 0.3 is 5.97 Å². The van der Waals surface area contributed by atoms with Crippen LogP contribution in [0.5, 0.6) is 0 Å². The Bertz CT molecular complexity index is 1140. The summed E-state index contributed by atoms with van der Waals surface area (Å²) in [6.45, 7) is 6.92. The van der Waals surface area contributed by atoms with Crippen LogP contribution in [0.1, 0.15) is 52.9 Å². The number of nitrogens with zero attached hydrogens (tertiary/aromatic N) is 2. The molecule has 8 nitrogen and oxygen atoms in total. The van der Waals surface area contributed by atoms with Gasteiger partial charge in [-0.3, -0.25) is 9.59 Å². The number of hydrogen-bond acceptors (Lipinski definition) is 8. The Balaban J connectivity index is 1.63. The Morgan fingerprint density at radius 3 is 2.48 bits per heavy atom. The first kappa shape index (κ1) is 24.2. The lowest BCUT2D eigenvalue weighted by molar-refractivity contribution is -0.118. The van der Waals surface area contributed by atoms with E-state index in [2.05, 4.69) is 15.5 Å². The highest BCUT2D eigenvalue weighted by molar-refractivity contribution is 7.98. The summed E-state index contributed by atoms with van der Waals surface area (Å²) >= 11 is 1.33. The fraction of sp³-hybridized carbons (Fsp3) is 0.292. The summed E-state index contributed by atoms with van der Waals surface area (Å²) in [7, 11) is 0. The smallest absolute Gasteiger partial charge is 0.341 e. The number of carbonyl (C=O) groups excluding carboxylic acids is 3. The third-order valence-corrected chi connectivity index (χ3v) is 5.68. The molecule has 172 valence electrons. The van der Waals surface area contributed by atoms with E-state index in [1.807, 2.05) is 6.07 Å². The normalized spacial score (nSPS) is 11.8. The number of esters is 1. The number of anilines is 1. The number of hydrogen-bond donors (Lipinski definition) is 1. The molecule has 0 saturated carbocycles. The zero-order valence-corrected chi connectivity index (χ0v) is 19.6. The third kappa shape index (κ3) is 6.52. The lowest BCUT2D eigenvalue weighted by Crippen LogP contribution is -2.25. The largest absolute Gasteiger partial charge is 0.451 e. The lowest BCUT2D eigenvalue weighted by Gasteiger charge is -2.14. The van der Waals surface area contributed by atoms with Gasteiger partial charge in [-0.2, -0.15) is 0 Å². The van der Waals surface area contributed by atoms with Gasteiger partial charge in [-0.1, -0.05) is 30.8 Å². The Morgan fingerprint density at radius 1 is 1.12 bits per heavy atom. The minimum Gasteiger partial charge on any atom is -0.451 e. The standard InChI is InChI=1S/C24H25N3O5S/c1-14(2)22(29)26-18-9-7-17(8-10-18)21(28)16(4)31-24(30)20-6-5-11-25-23(20)33-13-19-12-15(3)32-27-19/h5-12,14,16H,13H2,1-4H3,(H,26,29). The molecule has 1 atom stereocenters. The first-order valence-corrected chi connectivity index (χ1v) is 11.4. The van der Waals surface area contributed by atoms with Crippen LogP contribution in [-0.2, 0) is 15.3 Å². The van der Waals surface area contributed by atoms with E-state index in [1.54, 1.807) is 63.4 Å². The van der Waals surface area contributed by atoms with Gasteiger partial charge < -0.3 is 14.6 Å². The highest BCUT2D eigenvalue weighted by atomic mass is 32.2. The van der Waals surface area contributed by atoms with Crippen LogP contribution in [0, 0.1) is 12.8 Å². The number of ketones is 1. The molecule has 33 heavy (non-hydrogen) atoms. The number of aromatic nitrogens is 2.